The molecule has 0 bridgehead atoms. The van der Waals surface area contributed by atoms with Crippen LogP contribution < -0.4 is 0 Å². The number of carbonyl (C=O) groups excluding carboxylic acids is 1. The third-order valence-electron chi connectivity index (χ3n) is 5.92. The summed E-state index contributed by atoms with van der Waals surface area (Å²) in [6, 6.07) is 27.6. The van der Waals surface area contributed by atoms with Crippen molar-refractivity contribution in [2.24, 2.45) is 0 Å². The highest BCUT2D eigenvalue weighted by Gasteiger charge is 2.20. The highest BCUT2D eigenvalue weighted by atomic mass is 16.5. The minimum absolute atomic E-state index is 0.0256. The van der Waals surface area contributed by atoms with Crippen LogP contribution in [-0.2, 0) is 9.53 Å². The zero-order chi connectivity index (χ0) is 22.9. The summed E-state index contributed by atoms with van der Waals surface area (Å²) in [4.78, 5) is 16.7. The Morgan fingerprint density at radius 3 is 2.03 bits per heavy atom. The Labute approximate surface area is 195 Å². The van der Waals surface area contributed by atoms with Crippen LogP contribution >= 0.6 is 0 Å². The van der Waals surface area contributed by atoms with E-state index >= 15 is 0 Å². The Hall–Kier alpha value is -3.41. The van der Waals surface area contributed by atoms with Crippen molar-refractivity contribution in [2.45, 2.75) is 6.10 Å². The second kappa shape index (κ2) is 11.5. The molecule has 0 radical (unpaired) electrons. The first kappa shape index (κ1) is 22.8. The van der Waals surface area contributed by atoms with Crippen molar-refractivity contribution < 1.29 is 14.6 Å². The predicted molar refractivity (Wildman–Crippen MR) is 131 cm³/mol. The number of carbonyl (C=O) groups is 1. The lowest BCUT2D eigenvalue weighted by Crippen LogP contribution is -2.49. The smallest absolute Gasteiger partial charge is 0.246 e. The molecule has 170 valence electrons. The Kier molecular flexibility index (Phi) is 7.90. The highest BCUT2D eigenvalue weighted by Crippen LogP contribution is 2.25. The van der Waals surface area contributed by atoms with Crippen molar-refractivity contribution in [2.75, 3.05) is 39.3 Å². The summed E-state index contributed by atoms with van der Waals surface area (Å²) in [5.74, 6) is 0.151. The zero-order valence-corrected chi connectivity index (χ0v) is 18.7. The monoisotopic (exact) mass is 442 g/mol. The second-order valence-corrected chi connectivity index (χ2v) is 8.13. The first-order chi connectivity index (χ1) is 16.2. The molecular formula is C28H30N2O3. The van der Waals surface area contributed by atoms with Crippen molar-refractivity contribution in [3.8, 4) is 5.75 Å². The lowest BCUT2D eigenvalue weighted by atomic mass is 10.0. The third kappa shape index (κ3) is 6.31. The zero-order valence-electron chi connectivity index (χ0n) is 18.7. The number of rotatable bonds is 8. The topological polar surface area (TPSA) is 53.0 Å². The summed E-state index contributed by atoms with van der Waals surface area (Å²) in [6.07, 6.45) is 3.12. The number of hydrogen-bond acceptors (Lipinski definition) is 4. The van der Waals surface area contributed by atoms with Gasteiger partial charge in [-0.1, -0.05) is 78.9 Å². The van der Waals surface area contributed by atoms with E-state index in [1.54, 1.807) is 24.3 Å². The van der Waals surface area contributed by atoms with Crippen LogP contribution in [0, 0.1) is 0 Å². The van der Waals surface area contributed by atoms with E-state index in [1.807, 2.05) is 47.4 Å². The molecule has 1 N–H and O–H groups in total. The van der Waals surface area contributed by atoms with Gasteiger partial charge in [0.1, 0.15) is 11.9 Å². The van der Waals surface area contributed by atoms with Gasteiger partial charge in [0.05, 0.1) is 6.61 Å². The van der Waals surface area contributed by atoms with Gasteiger partial charge in [-0.2, -0.15) is 0 Å². The van der Waals surface area contributed by atoms with E-state index in [9.17, 15) is 9.90 Å². The van der Waals surface area contributed by atoms with Crippen molar-refractivity contribution >= 4 is 12.0 Å². The average molecular weight is 443 g/mol. The molecule has 0 spiro atoms. The van der Waals surface area contributed by atoms with Crippen LogP contribution in [-0.4, -0.2) is 60.1 Å². The summed E-state index contributed by atoms with van der Waals surface area (Å²) in [5, 5.41) is 9.84. The van der Waals surface area contributed by atoms with Crippen LogP contribution in [0.1, 0.15) is 22.8 Å². The van der Waals surface area contributed by atoms with Crippen LogP contribution in [0.25, 0.3) is 6.08 Å². The average Bonchev–Trinajstić information content (AvgIpc) is 2.87. The predicted octanol–water partition coefficient (Wildman–Crippen LogP) is 4.36. The van der Waals surface area contributed by atoms with Crippen molar-refractivity contribution in [1.29, 1.82) is 0 Å². The molecule has 33 heavy (non-hydrogen) atoms. The molecular weight excluding hydrogens is 412 g/mol. The van der Waals surface area contributed by atoms with E-state index < -0.39 is 0 Å². The molecule has 4 rings (SSSR count). The number of aromatic hydroxyl groups is 1. The first-order valence-electron chi connectivity index (χ1n) is 11.4. The van der Waals surface area contributed by atoms with Gasteiger partial charge in [-0.15, -0.1) is 0 Å². The third-order valence-corrected chi connectivity index (χ3v) is 5.92. The molecule has 3 aromatic carbocycles. The summed E-state index contributed by atoms with van der Waals surface area (Å²) < 4.78 is 6.33. The standard InChI is InChI=1S/C28H30N2O3/c31-26-14-8-7-9-23(26)15-16-27(32)30-19-17-29(18-20-30)21-22-33-28(24-10-3-1-4-11-24)25-12-5-2-6-13-25/h1-16,28,31H,17-22H2/b16-15+. The molecule has 1 fully saturated rings. The van der Waals surface area contributed by atoms with Gasteiger partial charge < -0.3 is 14.7 Å². The minimum atomic E-state index is -0.0881. The second-order valence-electron chi connectivity index (χ2n) is 8.13. The van der Waals surface area contributed by atoms with Gasteiger partial charge in [0.2, 0.25) is 5.91 Å². The van der Waals surface area contributed by atoms with Gasteiger partial charge >= 0.3 is 0 Å². The number of hydrogen-bond donors (Lipinski definition) is 1. The number of amides is 1. The van der Waals surface area contributed by atoms with Gasteiger partial charge in [-0.25, -0.2) is 0 Å². The molecule has 5 nitrogen and oxygen atoms in total. The molecule has 0 aliphatic carbocycles. The van der Waals surface area contributed by atoms with E-state index in [0.717, 1.165) is 30.8 Å². The Morgan fingerprint density at radius 2 is 1.42 bits per heavy atom. The number of nitrogens with zero attached hydrogens (tertiary/aromatic N) is 2. The fourth-order valence-corrected chi connectivity index (χ4v) is 4.03. The molecule has 3 aromatic rings. The highest BCUT2D eigenvalue weighted by molar-refractivity contribution is 5.92. The fourth-order valence-electron chi connectivity index (χ4n) is 4.03. The normalized spacial score (nSPS) is 14.8. The minimum Gasteiger partial charge on any atom is -0.507 e. The Bertz CT molecular complexity index is 1010. The van der Waals surface area contributed by atoms with Gasteiger partial charge in [0, 0.05) is 44.4 Å². The van der Waals surface area contributed by atoms with E-state index in [4.69, 9.17) is 4.74 Å². The van der Waals surface area contributed by atoms with E-state index in [0.29, 0.717) is 25.3 Å². The molecule has 0 atom stereocenters. The van der Waals surface area contributed by atoms with E-state index in [1.165, 1.54) is 6.08 Å². The summed E-state index contributed by atoms with van der Waals surface area (Å²) >= 11 is 0. The van der Waals surface area contributed by atoms with Crippen molar-refractivity contribution in [3.63, 3.8) is 0 Å². The number of benzene rings is 3. The molecule has 1 amide bonds. The fraction of sp³-hybridized carbons (Fsp3) is 0.250. The molecule has 1 aliphatic rings. The van der Waals surface area contributed by atoms with Crippen LogP contribution in [0.15, 0.2) is 91.0 Å². The van der Waals surface area contributed by atoms with Crippen molar-refractivity contribution in [1.82, 2.24) is 9.80 Å². The molecule has 1 saturated heterocycles. The van der Waals surface area contributed by atoms with Crippen LogP contribution in [0.3, 0.4) is 0 Å². The maximum absolute atomic E-state index is 12.5. The molecule has 1 aliphatic heterocycles. The molecule has 0 saturated carbocycles. The van der Waals surface area contributed by atoms with Crippen molar-refractivity contribution in [3.05, 3.63) is 108 Å². The number of para-hydroxylation sites is 1. The summed E-state index contributed by atoms with van der Waals surface area (Å²) in [6.45, 7) is 4.46. The summed E-state index contributed by atoms with van der Waals surface area (Å²) in [5.41, 5.74) is 2.94. The number of phenols is 1. The lowest BCUT2D eigenvalue weighted by molar-refractivity contribution is -0.127. The largest absolute Gasteiger partial charge is 0.507 e. The van der Waals surface area contributed by atoms with Gasteiger partial charge in [-0.3, -0.25) is 9.69 Å². The van der Waals surface area contributed by atoms with E-state index in [2.05, 4.69) is 29.2 Å². The maximum atomic E-state index is 12.5. The van der Waals surface area contributed by atoms with Gasteiger partial charge in [-0.05, 0) is 23.3 Å². The Balaban J connectivity index is 1.26. The SMILES string of the molecule is O=C(/C=C/c1ccccc1O)N1CCN(CCOC(c2ccccc2)c2ccccc2)CC1. The van der Waals surface area contributed by atoms with E-state index in [-0.39, 0.29) is 17.8 Å². The lowest BCUT2D eigenvalue weighted by Gasteiger charge is -2.34. The quantitative estimate of drug-likeness (QED) is 0.527. The summed E-state index contributed by atoms with van der Waals surface area (Å²) in [7, 11) is 0. The number of ether oxygens (including phenoxy) is 1. The van der Waals surface area contributed by atoms with Gasteiger partial charge in [0.25, 0.3) is 0 Å². The molecule has 5 heteroatoms. The Morgan fingerprint density at radius 1 is 0.848 bits per heavy atom. The van der Waals surface area contributed by atoms with Crippen LogP contribution in [0.5, 0.6) is 5.75 Å². The van der Waals surface area contributed by atoms with Crippen LogP contribution in [0.2, 0.25) is 0 Å². The number of phenolic OH excluding ortho intramolecular Hbond substituents is 1. The molecule has 1 heterocycles. The van der Waals surface area contributed by atoms with Gasteiger partial charge in [0.15, 0.2) is 0 Å². The first-order valence-corrected chi connectivity index (χ1v) is 11.4. The molecule has 0 aromatic heterocycles. The van der Waals surface area contributed by atoms with Crippen LogP contribution in [0.4, 0.5) is 0 Å². The number of piperazine rings is 1. The molecule has 0 unspecified atom stereocenters. The maximum Gasteiger partial charge on any atom is 0.246 e.